The predicted octanol–water partition coefficient (Wildman–Crippen LogP) is 2.88. The van der Waals surface area contributed by atoms with Gasteiger partial charge >= 0.3 is 6.18 Å². The average Bonchev–Trinajstić information content (AvgIpc) is 2.80. The molecule has 0 bridgehead atoms. The molecular formula is C12H14F3NO. The molecule has 0 amide bonds. The minimum atomic E-state index is -4.30. The Hall–Kier alpha value is -1.07. The number of nitrogens with two attached hydrogens (primary N) is 1. The van der Waals surface area contributed by atoms with Gasteiger partial charge < -0.3 is 10.5 Å². The molecule has 17 heavy (non-hydrogen) atoms. The van der Waals surface area contributed by atoms with Gasteiger partial charge in [-0.3, -0.25) is 0 Å². The van der Waals surface area contributed by atoms with Crippen molar-refractivity contribution in [3.05, 3.63) is 35.4 Å². The third-order valence-corrected chi connectivity index (χ3v) is 2.99. The van der Waals surface area contributed by atoms with E-state index in [9.17, 15) is 13.2 Å². The number of benzene rings is 1. The number of hydrogen-bond acceptors (Lipinski definition) is 2. The van der Waals surface area contributed by atoms with Crippen molar-refractivity contribution in [1.82, 2.24) is 0 Å². The van der Waals surface area contributed by atoms with Gasteiger partial charge in [-0.2, -0.15) is 13.2 Å². The molecule has 1 aromatic rings. The maximum Gasteiger partial charge on any atom is 0.416 e. The molecule has 0 aliphatic carbocycles. The van der Waals surface area contributed by atoms with E-state index >= 15 is 0 Å². The van der Waals surface area contributed by atoms with E-state index in [2.05, 4.69) is 0 Å². The van der Waals surface area contributed by atoms with Crippen molar-refractivity contribution in [2.75, 3.05) is 6.61 Å². The molecule has 5 heteroatoms. The number of rotatable bonds is 2. The highest BCUT2D eigenvalue weighted by Gasteiger charge is 2.31. The summed E-state index contributed by atoms with van der Waals surface area (Å²) in [6.07, 6.45) is -2.56. The van der Waals surface area contributed by atoms with Gasteiger partial charge in [0, 0.05) is 6.61 Å². The van der Waals surface area contributed by atoms with Crippen LogP contribution in [0, 0.1) is 0 Å². The first kappa shape index (κ1) is 12.4. The van der Waals surface area contributed by atoms with Gasteiger partial charge in [0.1, 0.15) is 0 Å². The molecule has 2 nitrogen and oxygen atoms in total. The van der Waals surface area contributed by atoms with E-state index in [4.69, 9.17) is 10.5 Å². The van der Waals surface area contributed by atoms with Crippen LogP contribution in [0.3, 0.4) is 0 Å². The molecule has 0 saturated carbocycles. The Balaban J connectivity index is 2.12. The number of halogens is 3. The van der Waals surface area contributed by atoms with Gasteiger partial charge in [0.05, 0.1) is 17.7 Å². The standard InChI is InChI=1S/C12H14F3NO/c13-12(14,15)9-5-3-8(4-6-9)11(16)10-2-1-7-17-10/h3-6,10-11H,1-2,7,16H2. The normalized spacial score (nSPS) is 22.7. The van der Waals surface area contributed by atoms with E-state index in [-0.39, 0.29) is 12.1 Å². The first-order valence-corrected chi connectivity index (χ1v) is 5.53. The summed E-state index contributed by atoms with van der Waals surface area (Å²) < 4.78 is 42.5. The van der Waals surface area contributed by atoms with Crippen LogP contribution in [0.5, 0.6) is 0 Å². The zero-order valence-corrected chi connectivity index (χ0v) is 9.20. The molecule has 1 saturated heterocycles. The lowest BCUT2D eigenvalue weighted by atomic mass is 9.99. The van der Waals surface area contributed by atoms with Crippen LogP contribution >= 0.6 is 0 Å². The number of alkyl halides is 3. The zero-order chi connectivity index (χ0) is 12.5. The molecule has 1 heterocycles. The topological polar surface area (TPSA) is 35.2 Å². The molecule has 1 aromatic carbocycles. The van der Waals surface area contributed by atoms with E-state index in [0.717, 1.165) is 25.0 Å². The molecule has 1 fully saturated rings. The third kappa shape index (κ3) is 2.79. The van der Waals surface area contributed by atoms with Gasteiger partial charge in [-0.15, -0.1) is 0 Å². The molecule has 94 valence electrons. The average molecular weight is 245 g/mol. The first-order valence-electron chi connectivity index (χ1n) is 5.53. The smallest absolute Gasteiger partial charge is 0.376 e. The lowest BCUT2D eigenvalue weighted by molar-refractivity contribution is -0.137. The first-order chi connectivity index (χ1) is 7.98. The summed E-state index contributed by atoms with van der Waals surface area (Å²) in [5.41, 5.74) is 5.99. The van der Waals surface area contributed by atoms with E-state index in [1.54, 1.807) is 0 Å². The maximum atomic E-state index is 12.4. The van der Waals surface area contributed by atoms with Crippen LogP contribution in [0.15, 0.2) is 24.3 Å². The van der Waals surface area contributed by atoms with Gasteiger partial charge in [-0.25, -0.2) is 0 Å². The van der Waals surface area contributed by atoms with E-state index in [1.165, 1.54) is 12.1 Å². The fourth-order valence-electron chi connectivity index (χ4n) is 1.99. The largest absolute Gasteiger partial charge is 0.416 e. The van der Waals surface area contributed by atoms with Crippen LogP contribution in [-0.2, 0) is 10.9 Å². The Morgan fingerprint density at radius 2 is 1.88 bits per heavy atom. The Bertz CT molecular complexity index is 368. The van der Waals surface area contributed by atoms with Crippen molar-refractivity contribution in [2.45, 2.75) is 31.2 Å². The minimum absolute atomic E-state index is 0.0771. The van der Waals surface area contributed by atoms with Crippen molar-refractivity contribution >= 4 is 0 Å². The summed E-state index contributed by atoms with van der Waals surface area (Å²) in [4.78, 5) is 0. The predicted molar refractivity (Wildman–Crippen MR) is 57.3 cm³/mol. The second-order valence-corrected chi connectivity index (χ2v) is 4.20. The number of hydrogen-bond donors (Lipinski definition) is 1. The van der Waals surface area contributed by atoms with Crippen molar-refractivity contribution < 1.29 is 17.9 Å². The quantitative estimate of drug-likeness (QED) is 0.869. The molecule has 0 aromatic heterocycles. The van der Waals surface area contributed by atoms with Crippen LogP contribution in [0.25, 0.3) is 0 Å². The maximum absolute atomic E-state index is 12.4. The lowest BCUT2D eigenvalue weighted by Gasteiger charge is -2.19. The monoisotopic (exact) mass is 245 g/mol. The van der Waals surface area contributed by atoms with Crippen molar-refractivity contribution in [3.63, 3.8) is 0 Å². The van der Waals surface area contributed by atoms with Crippen LogP contribution in [0.1, 0.15) is 30.0 Å². The molecule has 0 radical (unpaired) electrons. The lowest BCUT2D eigenvalue weighted by Crippen LogP contribution is -2.25. The van der Waals surface area contributed by atoms with Crippen molar-refractivity contribution in [1.29, 1.82) is 0 Å². The fraction of sp³-hybridized carbons (Fsp3) is 0.500. The summed E-state index contributed by atoms with van der Waals surface area (Å²) in [7, 11) is 0. The van der Waals surface area contributed by atoms with Crippen LogP contribution in [0.2, 0.25) is 0 Å². The molecule has 2 N–H and O–H groups in total. The Kier molecular flexibility index (Phi) is 3.40. The highest BCUT2D eigenvalue weighted by molar-refractivity contribution is 5.27. The minimum Gasteiger partial charge on any atom is -0.376 e. The summed E-state index contributed by atoms with van der Waals surface area (Å²) in [6.45, 7) is 0.680. The highest BCUT2D eigenvalue weighted by Crippen LogP contribution is 2.31. The second-order valence-electron chi connectivity index (χ2n) is 4.20. The third-order valence-electron chi connectivity index (χ3n) is 2.99. The summed E-state index contributed by atoms with van der Waals surface area (Å²) in [5, 5.41) is 0. The van der Waals surface area contributed by atoms with Crippen LogP contribution in [-0.4, -0.2) is 12.7 Å². The van der Waals surface area contributed by atoms with Gasteiger partial charge in [-0.05, 0) is 30.5 Å². The molecule has 2 unspecified atom stereocenters. The van der Waals surface area contributed by atoms with Gasteiger partial charge in [0.25, 0.3) is 0 Å². The van der Waals surface area contributed by atoms with Crippen molar-refractivity contribution in [3.8, 4) is 0 Å². The molecule has 2 atom stereocenters. The van der Waals surface area contributed by atoms with Crippen molar-refractivity contribution in [2.24, 2.45) is 5.73 Å². The van der Waals surface area contributed by atoms with E-state index in [1.807, 2.05) is 0 Å². The Morgan fingerprint density at radius 1 is 1.24 bits per heavy atom. The molecule has 2 rings (SSSR count). The molecule has 1 aliphatic rings. The summed E-state index contributed by atoms with van der Waals surface area (Å²) >= 11 is 0. The SMILES string of the molecule is NC(c1ccc(C(F)(F)F)cc1)C1CCCO1. The Labute approximate surface area is 97.6 Å². The summed E-state index contributed by atoms with van der Waals surface area (Å²) in [6, 6.07) is 4.62. The molecular weight excluding hydrogens is 231 g/mol. The fourth-order valence-corrected chi connectivity index (χ4v) is 1.99. The summed E-state index contributed by atoms with van der Waals surface area (Å²) in [5.74, 6) is 0. The Morgan fingerprint density at radius 3 is 2.35 bits per heavy atom. The molecule has 1 aliphatic heterocycles. The van der Waals surface area contributed by atoms with Gasteiger partial charge in [0.2, 0.25) is 0 Å². The van der Waals surface area contributed by atoms with Gasteiger partial charge in [-0.1, -0.05) is 12.1 Å². The van der Waals surface area contributed by atoms with Crippen LogP contribution < -0.4 is 5.73 Å². The second kappa shape index (κ2) is 4.66. The van der Waals surface area contributed by atoms with Crippen LogP contribution in [0.4, 0.5) is 13.2 Å². The van der Waals surface area contributed by atoms with E-state index < -0.39 is 11.7 Å². The molecule has 0 spiro atoms. The number of ether oxygens (including phenoxy) is 1. The zero-order valence-electron chi connectivity index (χ0n) is 9.20. The van der Waals surface area contributed by atoms with E-state index in [0.29, 0.717) is 12.2 Å². The van der Waals surface area contributed by atoms with Gasteiger partial charge in [0.15, 0.2) is 0 Å². The highest BCUT2D eigenvalue weighted by atomic mass is 19.4.